The number of hydrogen-bond donors (Lipinski definition) is 8. The molecule has 0 spiro atoms. The van der Waals surface area contributed by atoms with Gasteiger partial charge in [0.25, 0.3) is 5.91 Å². The first-order chi connectivity index (χ1) is 34.3. The first kappa shape index (κ1) is 58.4. The average Bonchev–Trinajstić information content (AvgIpc) is 3.72. The van der Waals surface area contributed by atoms with E-state index in [1.165, 1.54) is 0 Å². The molecule has 6 rings (SSSR count). The van der Waals surface area contributed by atoms with E-state index in [2.05, 4.69) is 84.3 Å². The fourth-order valence-electron chi connectivity index (χ4n) is 10.1. The molecule has 2 aromatic rings. The minimum atomic E-state index is -1.60. The summed E-state index contributed by atoms with van der Waals surface area (Å²) in [5, 5.41) is 27.2. The Morgan fingerprint density at radius 3 is 1.99 bits per heavy atom. The molecule has 1 saturated heterocycles. The van der Waals surface area contributed by atoms with Crippen LogP contribution in [0.2, 0.25) is 0 Å². The largest absolute Gasteiger partial charge is 0.535 e. The predicted molar refractivity (Wildman–Crippen MR) is 283 cm³/mol. The standard InChI is InChI=1S/C51H72BBrIN7O11/c1-5-6-16-36(46(67)58-35(17-13-25-53)44(65)52-71-41-29-33-28-40(50(33,2)3)51(41,4)72-52)59-47(68)37(23-24-42(55)63)60-49(70)39(30-62)61-48(69)38(27-31-14-9-7-10-15-31)57-43(64)18-11-8-12-26-56-45(66)32-19-21-34(54)22-20-32/h7,9-10,14-15,19-22,33,35-41,62H,5-6,8,11-13,16-18,23-30H2,1-4H3,(H2,55,63)(H,56,66)(H,57,64)(H,58,67)(H,59,68)(H,60,70)(H,61,69)/t33-,35-,36-,37-,38-,39-,40-,41+,51-/m0/s1/i54-2. The van der Waals surface area contributed by atoms with E-state index in [1.807, 2.05) is 26.0 Å². The van der Waals surface area contributed by atoms with E-state index in [0.717, 1.165) is 16.4 Å². The number of nitrogens with two attached hydrogens (primary N) is 1. The highest BCUT2D eigenvalue weighted by atomic mass is 125. The zero-order chi connectivity index (χ0) is 52.6. The van der Waals surface area contributed by atoms with E-state index in [1.54, 1.807) is 42.5 Å². The van der Waals surface area contributed by atoms with Gasteiger partial charge in [0.05, 0.1) is 24.4 Å². The van der Waals surface area contributed by atoms with Crippen molar-refractivity contribution < 1.29 is 52.8 Å². The molecule has 394 valence electrons. The summed E-state index contributed by atoms with van der Waals surface area (Å²) in [6, 6.07) is 9.72. The van der Waals surface area contributed by atoms with Crippen LogP contribution in [0.3, 0.4) is 0 Å². The number of hydrogen-bond acceptors (Lipinski definition) is 11. The number of amides is 7. The molecule has 4 fully saturated rings. The zero-order valence-electron chi connectivity index (χ0n) is 41.8. The lowest BCUT2D eigenvalue weighted by Gasteiger charge is -2.64. The van der Waals surface area contributed by atoms with Crippen molar-refractivity contribution >= 4 is 92.7 Å². The summed E-state index contributed by atoms with van der Waals surface area (Å²) < 4.78 is 13.7. The van der Waals surface area contributed by atoms with Gasteiger partial charge in [-0.1, -0.05) is 86.3 Å². The molecule has 3 aliphatic carbocycles. The number of unbranched alkanes of at least 4 members (excludes halogenated alkanes) is 3. The van der Waals surface area contributed by atoms with Gasteiger partial charge in [-0.3, -0.25) is 33.6 Å². The van der Waals surface area contributed by atoms with Crippen LogP contribution in [0.1, 0.15) is 127 Å². The smallest absolute Gasteiger partial charge is 0.400 e. The summed E-state index contributed by atoms with van der Waals surface area (Å²) in [7, 11) is -1.18. The third-order valence-electron chi connectivity index (χ3n) is 14.5. The van der Waals surface area contributed by atoms with Gasteiger partial charge in [0.1, 0.15) is 24.2 Å². The highest BCUT2D eigenvalue weighted by molar-refractivity contribution is 14.1. The van der Waals surface area contributed by atoms with Gasteiger partial charge in [0.15, 0.2) is 5.68 Å². The van der Waals surface area contributed by atoms with Crippen molar-refractivity contribution in [1.29, 1.82) is 0 Å². The molecule has 72 heavy (non-hydrogen) atoms. The lowest BCUT2D eigenvalue weighted by atomic mass is 9.43. The van der Waals surface area contributed by atoms with Crippen LogP contribution in [0, 0.1) is 20.8 Å². The lowest BCUT2D eigenvalue weighted by molar-refractivity contribution is -0.199. The lowest BCUT2D eigenvalue weighted by Crippen LogP contribution is -2.65. The Labute approximate surface area is 445 Å². The highest BCUT2D eigenvalue weighted by Crippen LogP contribution is 2.65. The minimum Gasteiger partial charge on any atom is -0.400 e. The first-order valence-corrected chi connectivity index (χ1v) is 27.4. The van der Waals surface area contributed by atoms with E-state index in [9.17, 15) is 43.5 Å². The number of carbonyl (C=O) groups is 8. The van der Waals surface area contributed by atoms with Crippen LogP contribution in [-0.2, 0) is 49.3 Å². The van der Waals surface area contributed by atoms with E-state index in [-0.39, 0.29) is 61.9 Å². The molecular weight excluding hydrogens is 1100 g/mol. The number of aliphatic hydroxyl groups excluding tert-OH is 1. The molecule has 9 atom stereocenters. The van der Waals surface area contributed by atoms with E-state index in [0.29, 0.717) is 67.4 Å². The third kappa shape index (κ3) is 16.0. The molecular formula is C51H72BBrIN7O11. The topological polar surface area (TPSA) is 273 Å². The van der Waals surface area contributed by atoms with Gasteiger partial charge in [-0.05, 0) is 128 Å². The van der Waals surface area contributed by atoms with Gasteiger partial charge >= 0.3 is 7.12 Å². The number of aliphatic hydroxyl groups is 1. The van der Waals surface area contributed by atoms with Crippen molar-refractivity contribution in [3.05, 3.63) is 69.3 Å². The SMILES string of the molecule is CCCC[C@H](NC(=O)[C@H](CCC(N)=O)NC(=O)[C@H](CO)NC(=O)[C@H](Cc1ccccc1)NC(=O)CCCCCNC(=O)c1ccc([125I])cc1)C(=O)N[C@@H](CCCBr)C(=O)B1O[C@@H]2C[C@@H]3C[C@@H](C3(C)C)[C@]2(C)O1. The van der Waals surface area contributed by atoms with Gasteiger partial charge in [-0.2, -0.15) is 0 Å². The Morgan fingerprint density at radius 1 is 0.750 bits per heavy atom. The van der Waals surface area contributed by atoms with Gasteiger partial charge in [0.2, 0.25) is 35.4 Å². The Kier molecular flexibility index (Phi) is 22.5. The molecule has 2 aromatic carbocycles. The summed E-state index contributed by atoms with van der Waals surface area (Å²) in [6.07, 6.45) is 4.92. The maximum absolute atomic E-state index is 14.1. The van der Waals surface area contributed by atoms with E-state index >= 15 is 0 Å². The van der Waals surface area contributed by atoms with Crippen LogP contribution in [0.5, 0.6) is 0 Å². The summed E-state index contributed by atoms with van der Waals surface area (Å²) in [5.74, 6) is -3.91. The monoisotopic (exact) mass is 1170 g/mol. The predicted octanol–water partition coefficient (Wildman–Crippen LogP) is 3.71. The molecule has 9 N–H and O–H groups in total. The molecule has 18 nitrogen and oxygen atoms in total. The number of carbonyl (C=O) groups excluding carboxylic acids is 8. The van der Waals surface area contributed by atoms with Crippen molar-refractivity contribution in [2.75, 3.05) is 18.5 Å². The van der Waals surface area contributed by atoms with Crippen LogP contribution in [0.15, 0.2) is 54.6 Å². The van der Waals surface area contributed by atoms with Gasteiger partial charge in [-0.25, -0.2) is 0 Å². The second-order valence-corrected chi connectivity index (χ2v) is 22.0. The van der Waals surface area contributed by atoms with Crippen molar-refractivity contribution in [2.24, 2.45) is 23.0 Å². The van der Waals surface area contributed by atoms with Crippen LogP contribution in [-0.4, -0.2) is 120 Å². The number of benzene rings is 2. The van der Waals surface area contributed by atoms with Crippen molar-refractivity contribution in [2.45, 2.75) is 160 Å². The molecule has 1 heterocycles. The van der Waals surface area contributed by atoms with Crippen LogP contribution in [0.4, 0.5) is 0 Å². The van der Waals surface area contributed by atoms with E-state index < -0.39 is 90.7 Å². The molecule has 2 bridgehead atoms. The number of alkyl halides is 1. The molecule has 0 radical (unpaired) electrons. The number of nitrogens with one attached hydrogen (secondary N) is 6. The van der Waals surface area contributed by atoms with Crippen LogP contribution < -0.4 is 37.6 Å². The van der Waals surface area contributed by atoms with Crippen molar-refractivity contribution in [3.63, 3.8) is 0 Å². The van der Waals surface area contributed by atoms with Crippen molar-refractivity contribution in [3.8, 4) is 0 Å². The maximum atomic E-state index is 14.1. The number of rotatable bonds is 30. The molecule has 3 saturated carbocycles. The average molecular weight is 1170 g/mol. The quantitative estimate of drug-likeness (QED) is 0.0242. The van der Waals surface area contributed by atoms with E-state index in [4.69, 9.17) is 15.0 Å². The maximum Gasteiger partial charge on any atom is 0.535 e. The number of primary amides is 1. The fraction of sp³-hybridized carbons (Fsp3) is 0.608. The first-order valence-electron chi connectivity index (χ1n) is 25.2. The van der Waals surface area contributed by atoms with Crippen molar-refractivity contribution in [1.82, 2.24) is 31.9 Å². The second kappa shape index (κ2) is 27.7. The Morgan fingerprint density at radius 2 is 1.36 bits per heavy atom. The Hall–Kier alpha value is -4.45. The van der Waals surface area contributed by atoms with Gasteiger partial charge in [0, 0.05) is 40.3 Å². The molecule has 1 aliphatic heterocycles. The van der Waals surface area contributed by atoms with Gasteiger partial charge < -0.3 is 56.8 Å². The summed E-state index contributed by atoms with van der Waals surface area (Å²) in [4.78, 5) is 108. The normalized spacial score (nSPS) is 21.5. The minimum absolute atomic E-state index is 0.0516. The Balaban J connectivity index is 1.20. The molecule has 7 amide bonds. The number of halogens is 2. The second-order valence-electron chi connectivity index (χ2n) is 20.0. The van der Waals surface area contributed by atoms with Gasteiger partial charge in [-0.15, -0.1) is 0 Å². The molecule has 0 aromatic heterocycles. The third-order valence-corrected chi connectivity index (χ3v) is 15.8. The summed E-state index contributed by atoms with van der Waals surface area (Å²) in [5.41, 5.74) is 5.72. The molecule has 0 unspecified atom stereocenters. The zero-order valence-corrected chi connectivity index (χ0v) is 45.5. The van der Waals surface area contributed by atoms with Crippen LogP contribution in [0.25, 0.3) is 0 Å². The Bertz CT molecular complexity index is 2210. The highest BCUT2D eigenvalue weighted by Gasteiger charge is 2.69. The van der Waals surface area contributed by atoms with Crippen LogP contribution >= 0.6 is 38.5 Å². The summed E-state index contributed by atoms with van der Waals surface area (Å²) >= 11 is 5.59. The molecule has 4 aliphatic rings. The fourth-order valence-corrected chi connectivity index (χ4v) is 10.7. The molecule has 21 heteroatoms. The summed E-state index contributed by atoms with van der Waals surface area (Å²) in [6.45, 7) is 7.88.